The third-order valence-electron chi connectivity index (χ3n) is 8.06. The van der Waals surface area contributed by atoms with Crippen LogP contribution in [0.25, 0.3) is 22.8 Å². The number of rotatable bonds is 6. The molecular weight excluding hydrogens is 516 g/mol. The van der Waals surface area contributed by atoms with E-state index in [-0.39, 0.29) is 29.2 Å². The average molecular weight is 547 g/mol. The Morgan fingerprint density at radius 2 is 1.87 bits per heavy atom. The minimum atomic E-state index is -3.05. The molecule has 0 radical (unpaired) electrons. The molecule has 1 aliphatic heterocycles. The fraction of sp³-hybridized carbons (Fsp3) is 0.464. The van der Waals surface area contributed by atoms with Crippen molar-refractivity contribution < 1.29 is 17.6 Å². The number of nitriles is 1. The SMILES string of the molecule is N#CC1(NC(=O)[C@@H]2CCCC[C@H]2c2oc(-c3cccnn3)nc2-c2ccccc2N2CCS(=O)(=O)CC2)CC1. The summed E-state index contributed by atoms with van der Waals surface area (Å²) in [5, 5.41) is 20.7. The Kier molecular flexibility index (Phi) is 6.59. The molecular formula is C28H30N6O4S. The third kappa shape index (κ3) is 5.13. The molecule has 1 amide bonds. The topological polar surface area (TPSA) is 142 Å². The van der Waals surface area contributed by atoms with Crippen molar-refractivity contribution in [1.82, 2.24) is 20.5 Å². The predicted molar refractivity (Wildman–Crippen MR) is 144 cm³/mol. The summed E-state index contributed by atoms with van der Waals surface area (Å²) in [6.45, 7) is 0.794. The first kappa shape index (κ1) is 25.5. The number of aromatic nitrogens is 3. The Morgan fingerprint density at radius 1 is 1.10 bits per heavy atom. The molecule has 0 bridgehead atoms. The highest BCUT2D eigenvalue weighted by Crippen LogP contribution is 2.46. The number of carbonyl (C=O) groups is 1. The Morgan fingerprint density at radius 3 is 2.59 bits per heavy atom. The van der Waals surface area contributed by atoms with Crippen molar-refractivity contribution in [2.24, 2.45) is 5.92 Å². The van der Waals surface area contributed by atoms with E-state index in [0.717, 1.165) is 30.5 Å². The molecule has 1 saturated heterocycles. The number of para-hydroxylation sites is 1. The van der Waals surface area contributed by atoms with Crippen LogP contribution < -0.4 is 10.2 Å². The highest BCUT2D eigenvalue weighted by Gasteiger charge is 2.47. The van der Waals surface area contributed by atoms with Gasteiger partial charge in [0.2, 0.25) is 11.8 Å². The number of amides is 1. The van der Waals surface area contributed by atoms with Crippen molar-refractivity contribution in [2.45, 2.75) is 50.0 Å². The molecule has 3 heterocycles. The normalized spacial score (nSPS) is 23.5. The standard InChI is InChI=1S/C28H30N6O4S/c29-18-28(11-12-28)32-26(35)20-7-2-1-6-19(20)25-24(31-27(38-25)22-9-5-13-30-33-22)21-8-3-4-10-23(21)34-14-16-39(36,37)17-15-34/h3-5,8-10,13,19-20H,1-2,6-7,11-12,14-17H2,(H,32,35)/t19-,20-/m1/s1. The maximum atomic E-state index is 13.5. The van der Waals surface area contributed by atoms with Gasteiger partial charge in [-0.25, -0.2) is 13.4 Å². The molecule has 202 valence electrons. The number of carbonyl (C=O) groups excluding carboxylic acids is 1. The van der Waals surface area contributed by atoms with E-state index in [4.69, 9.17) is 9.40 Å². The summed E-state index contributed by atoms with van der Waals surface area (Å²) in [6, 6.07) is 13.6. The van der Waals surface area contributed by atoms with E-state index in [2.05, 4.69) is 26.5 Å². The van der Waals surface area contributed by atoms with Crippen LogP contribution >= 0.6 is 0 Å². The molecule has 3 aromatic rings. The van der Waals surface area contributed by atoms with Gasteiger partial charge in [-0.3, -0.25) is 4.79 Å². The van der Waals surface area contributed by atoms with Crippen LogP contribution in [0.1, 0.15) is 50.2 Å². The minimum Gasteiger partial charge on any atom is -0.439 e. The van der Waals surface area contributed by atoms with Crippen LogP contribution in [0.3, 0.4) is 0 Å². The van der Waals surface area contributed by atoms with Crippen LogP contribution in [0.2, 0.25) is 0 Å². The lowest BCUT2D eigenvalue weighted by Gasteiger charge is -2.32. The second-order valence-electron chi connectivity index (χ2n) is 10.7. The first-order valence-corrected chi connectivity index (χ1v) is 15.3. The molecule has 3 fully saturated rings. The monoisotopic (exact) mass is 546 g/mol. The van der Waals surface area contributed by atoms with Gasteiger partial charge >= 0.3 is 0 Å². The van der Waals surface area contributed by atoms with E-state index in [1.165, 1.54) is 0 Å². The van der Waals surface area contributed by atoms with E-state index in [1.54, 1.807) is 18.3 Å². The summed E-state index contributed by atoms with van der Waals surface area (Å²) in [4.78, 5) is 20.5. The molecule has 2 aromatic heterocycles. The van der Waals surface area contributed by atoms with Gasteiger partial charge in [0.15, 0.2) is 9.84 Å². The summed E-state index contributed by atoms with van der Waals surface area (Å²) in [5.41, 5.74) is 2.09. The molecule has 0 spiro atoms. The summed E-state index contributed by atoms with van der Waals surface area (Å²) in [6.07, 6.45) is 6.26. The number of oxazole rings is 1. The number of anilines is 1. The zero-order chi connectivity index (χ0) is 27.0. The average Bonchev–Trinajstić information content (AvgIpc) is 3.60. The Labute approximate surface area is 227 Å². The van der Waals surface area contributed by atoms with Crippen molar-refractivity contribution in [1.29, 1.82) is 5.26 Å². The smallest absolute Gasteiger partial charge is 0.247 e. The first-order chi connectivity index (χ1) is 18.9. The van der Waals surface area contributed by atoms with Gasteiger partial charge in [-0.15, -0.1) is 5.10 Å². The van der Waals surface area contributed by atoms with Crippen molar-refractivity contribution in [3.8, 4) is 28.9 Å². The quantitative estimate of drug-likeness (QED) is 0.492. The van der Waals surface area contributed by atoms with Crippen LogP contribution in [0.15, 0.2) is 47.0 Å². The molecule has 11 heteroatoms. The lowest BCUT2D eigenvalue weighted by Crippen LogP contribution is -2.42. The van der Waals surface area contributed by atoms with Crippen molar-refractivity contribution in [3.63, 3.8) is 0 Å². The number of nitrogens with one attached hydrogen (secondary N) is 1. The van der Waals surface area contributed by atoms with Gasteiger partial charge in [-0.1, -0.05) is 31.0 Å². The summed E-state index contributed by atoms with van der Waals surface area (Å²) in [5.74, 6) is 0.456. The lowest BCUT2D eigenvalue weighted by molar-refractivity contribution is -0.127. The second kappa shape index (κ2) is 10.1. The molecule has 2 saturated carbocycles. The fourth-order valence-electron chi connectivity index (χ4n) is 5.68. The van der Waals surface area contributed by atoms with Gasteiger partial charge in [-0.2, -0.15) is 10.4 Å². The van der Waals surface area contributed by atoms with Crippen LogP contribution in [-0.4, -0.2) is 59.6 Å². The van der Waals surface area contributed by atoms with Crippen LogP contribution in [0.5, 0.6) is 0 Å². The molecule has 0 unspecified atom stereocenters. The number of nitrogens with zero attached hydrogens (tertiary/aromatic N) is 5. The molecule has 1 aromatic carbocycles. The fourth-order valence-corrected chi connectivity index (χ4v) is 6.88. The summed E-state index contributed by atoms with van der Waals surface area (Å²) >= 11 is 0. The lowest BCUT2D eigenvalue weighted by atomic mass is 9.76. The van der Waals surface area contributed by atoms with Gasteiger partial charge in [0.05, 0.1) is 17.6 Å². The van der Waals surface area contributed by atoms with E-state index in [0.29, 0.717) is 55.4 Å². The van der Waals surface area contributed by atoms with E-state index in [9.17, 15) is 18.5 Å². The maximum absolute atomic E-state index is 13.5. The van der Waals surface area contributed by atoms with E-state index >= 15 is 0 Å². The first-order valence-electron chi connectivity index (χ1n) is 13.4. The molecule has 2 aliphatic carbocycles. The Balaban J connectivity index is 1.43. The van der Waals surface area contributed by atoms with Crippen molar-refractivity contribution in [3.05, 3.63) is 48.4 Å². The molecule has 1 N–H and O–H groups in total. The Hall–Kier alpha value is -3.78. The number of hydrogen-bond donors (Lipinski definition) is 1. The Bertz CT molecular complexity index is 1510. The van der Waals surface area contributed by atoms with Gasteiger partial charge in [0.1, 0.15) is 22.7 Å². The van der Waals surface area contributed by atoms with Crippen molar-refractivity contribution in [2.75, 3.05) is 29.5 Å². The second-order valence-corrected chi connectivity index (χ2v) is 13.0. The van der Waals surface area contributed by atoms with Crippen LogP contribution in [-0.2, 0) is 14.6 Å². The zero-order valence-electron chi connectivity index (χ0n) is 21.5. The predicted octanol–water partition coefficient (Wildman–Crippen LogP) is 3.48. The minimum absolute atomic E-state index is 0.101. The molecule has 2 atom stereocenters. The van der Waals surface area contributed by atoms with E-state index < -0.39 is 15.4 Å². The molecule has 39 heavy (non-hydrogen) atoms. The van der Waals surface area contributed by atoms with Crippen LogP contribution in [0.4, 0.5) is 5.69 Å². The third-order valence-corrected chi connectivity index (χ3v) is 9.66. The number of sulfone groups is 1. The van der Waals surface area contributed by atoms with Gasteiger partial charge in [0.25, 0.3) is 0 Å². The number of benzene rings is 1. The number of hydrogen-bond acceptors (Lipinski definition) is 9. The zero-order valence-corrected chi connectivity index (χ0v) is 22.4. The summed E-state index contributed by atoms with van der Waals surface area (Å²) < 4.78 is 30.7. The summed E-state index contributed by atoms with van der Waals surface area (Å²) in [7, 11) is -3.05. The van der Waals surface area contributed by atoms with Crippen molar-refractivity contribution >= 4 is 21.4 Å². The van der Waals surface area contributed by atoms with Gasteiger partial charge < -0.3 is 14.6 Å². The highest BCUT2D eigenvalue weighted by atomic mass is 32.2. The molecule has 10 nitrogen and oxygen atoms in total. The highest BCUT2D eigenvalue weighted by molar-refractivity contribution is 7.91. The molecule has 6 rings (SSSR count). The maximum Gasteiger partial charge on any atom is 0.247 e. The van der Waals surface area contributed by atoms with Crippen LogP contribution in [0, 0.1) is 17.2 Å². The van der Waals surface area contributed by atoms with Gasteiger partial charge in [-0.05, 0) is 43.9 Å². The molecule has 3 aliphatic rings. The van der Waals surface area contributed by atoms with E-state index in [1.807, 2.05) is 24.3 Å². The van der Waals surface area contributed by atoms with Gasteiger partial charge in [0, 0.05) is 42.4 Å². The largest absolute Gasteiger partial charge is 0.439 e.